The molecule has 1 heterocycles. The highest BCUT2D eigenvalue weighted by Gasteiger charge is 2.12. The highest BCUT2D eigenvalue weighted by atomic mass is 79.9. The van der Waals surface area contributed by atoms with Gasteiger partial charge in [-0.15, -0.1) is 11.3 Å². The van der Waals surface area contributed by atoms with E-state index in [1.807, 2.05) is 11.3 Å². The number of thiophene rings is 1. The van der Waals surface area contributed by atoms with Gasteiger partial charge in [-0.1, -0.05) is 26.2 Å². The molecule has 0 saturated heterocycles. The zero-order valence-electron chi connectivity index (χ0n) is 10.4. The van der Waals surface area contributed by atoms with Crippen LogP contribution in [0.5, 0.6) is 0 Å². The molecule has 0 aliphatic carbocycles. The summed E-state index contributed by atoms with van der Waals surface area (Å²) in [4.78, 5) is 1.40. The fraction of sp³-hybridized carbons (Fsp3) is 0.692. The van der Waals surface area contributed by atoms with Gasteiger partial charge in [0.2, 0.25) is 0 Å². The van der Waals surface area contributed by atoms with Crippen molar-refractivity contribution in [1.29, 1.82) is 0 Å². The van der Waals surface area contributed by atoms with E-state index < -0.39 is 0 Å². The van der Waals surface area contributed by atoms with Crippen LogP contribution < -0.4 is 5.32 Å². The first-order valence-corrected chi connectivity index (χ1v) is 7.81. The summed E-state index contributed by atoms with van der Waals surface area (Å²) in [6, 6.07) is 3.18. The van der Waals surface area contributed by atoms with Crippen molar-refractivity contribution in [2.24, 2.45) is 0 Å². The molecule has 0 aliphatic heterocycles. The number of rotatable bonds is 7. The van der Waals surface area contributed by atoms with Gasteiger partial charge in [0.1, 0.15) is 0 Å². The van der Waals surface area contributed by atoms with E-state index >= 15 is 0 Å². The second-order valence-corrected chi connectivity index (χ2v) is 6.22. The van der Waals surface area contributed by atoms with Crippen LogP contribution in [0.1, 0.15) is 57.4 Å². The molecule has 2 atom stereocenters. The third-order valence-corrected chi connectivity index (χ3v) is 4.87. The van der Waals surface area contributed by atoms with Gasteiger partial charge in [-0.05, 0) is 47.6 Å². The van der Waals surface area contributed by atoms with Crippen molar-refractivity contribution in [3.05, 3.63) is 20.8 Å². The monoisotopic (exact) mass is 303 g/mol. The van der Waals surface area contributed by atoms with E-state index in [1.165, 1.54) is 35.0 Å². The molecule has 0 amide bonds. The van der Waals surface area contributed by atoms with Crippen molar-refractivity contribution < 1.29 is 0 Å². The molecule has 0 spiro atoms. The van der Waals surface area contributed by atoms with Crippen molar-refractivity contribution in [1.82, 2.24) is 5.32 Å². The van der Waals surface area contributed by atoms with Crippen molar-refractivity contribution >= 4 is 27.3 Å². The Balaban J connectivity index is 2.33. The predicted molar refractivity (Wildman–Crippen MR) is 77.2 cm³/mol. The van der Waals surface area contributed by atoms with Gasteiger partial charge in [0.25, 0.3) is 0 Å². The molecule has 1 rings (SSSR count). The lowest BCUT2D eigenvalue weighted by Gasteiger charge is -2.19. The molecule has 0 aliphatic rings. The minimum absolute atomic E-state index is 0.450. The zero-order chi connectivity index (χ0) is 12.0. The Labute approximate surface area is 112 Å². The Kier molecular flexibility index (Phi) is 6.62. The van der Waals surface area contributed by atoms with Crippen LogP contribution >= 0.6 is 27.3 Å². The number of hydrogen-bond donors (Lipinski definition) is 1. The first-order chi connectivity index (χ1) is 7.65. The van der Waals surface area contributed by atoms with Crippen LogP contribution in [-0.4, -0.2) is 6.04 Å². The standard InChI is InChI=1S/C13H22BrNS/c1-4-5-6-7-10(2)15-11(3)13-12(14)8-9-16-13/h8-11,15H,4-7H2,1-3H3. The van der Waals surface area contributed by atoms with Gasteiger partial charge in [-0.25, -0.2) is 0 Å². The summed E-state index contributed by atoms with van der Waals surface area (Å²) in [6.45, 7) is 6.78. The average molecular weight is 304 g/mol. The highest BCUT2D eigenvalue weighted by molar-refractivity contribution is 9.10. The lowest BCUT2D eigenvalue weighted by molar-refractivity contribution is 0.443. The normalized spacial score (nSPS) is 15.0. The van der Waals surface area contributed by atoms with Crippen LogP contribution in [0.25, 0.3) is 0 Å². The largest absolute Gasteiger partial charge is 0.307 e. The summed E-state index contributed by atoms with van der Waals surface area (Å²) < 4.78 is 1.23. The smallest absolute Gasteiger partial charge is 0.0399 e. The van der Waals surface area contributed by atoms with Crippen LogP contribution in [0.2, 0.25) is 0 Å². The third-order valence-electron chi connectivity index (χ3n) is 2.81. The van der Waals surface area contributed by atoms with Crippen molar-refractivity contribution in [2.75, 3.05) is 0 Å². The predicted octanol–water partition coefficient (Wildman–Crippen LogP) is 5.13. The first-order valence-electron chi connectivity index (χ1n) is 6.14. The second-order valence-electron chi connectivity index (χ2n) is 4.42. The van der Waals surface area contributed by atoms with Gasteiger partial charge in [0, 0.05) is 21.4 Å². The first kappa shape index (κ1) is 14.2. The molecule has 1 aromatic heterocycles. The van der Waals surface area contributed by atoms with E-state index in [2.05, 4.69) is 53.5 Å². The molecule has 3 heteroatoms. The molecule has 1 nitrogen and oxygen atoms in total. The molecule has 0 radical (unpaired) electrons. The Morgan fingerprint density at radius 3 is 2.69 bits per heavy atom. The molecule has 0 fully saturated rings. The van der Waals surface area contributed by atoms with Gasteiger partial charge in [0.15, 0.2) is 0 Å². The highest BCUT2D eigenvalue weighted by Crippen LogP contribution is 2.29. The topological polar surface area (TPSA) is 12.0 Å². The number of unbranched alkanes of at least 4 members (excludes halogenated alkanes) is 2. The van der Waals surface area contributed by atoms with E-state index in [4.69, 9.17) is 0 Å². The molecule has 16 heavy (non-hydrogen) atoms. The van der Waals surface area contributed by atoms with E-state index in [0.29, 0.717) is 12.1 Å². The molecular formula is C13H22BrNS. The van der Waals surface area contributed by atoms with Crippen molar-refractivity contribution in [3.63, 3.8) is 0 Å². The summed E-state index contributed by atoms with van der Waals surface area (Å²) >= 11 is 5.41. The molecule has 0 saturated carbocycles. The van der Waals surface area contributed by atoms with Gasteiger partial charge < -0.3 is 5.32 Å². The van der Waals surface area contributed by atoms with Gasteiger partial charge in [-0.2, -0.15) is 0 Å². The summed E-state index contributed by atoms with van der Waals surface area (Å²) in [5, 5.41) is 5.80. The van der Waals surface area contributed by atoms with Crippen LogP contribution in [-0.2, 0) is 0 Å². The molecule has 1 N–H and O–H groups in total. The molecule has 0 aromatic carbocycles. The van der Waals surface area contributed by atoms with Gasteiger partial charge in [0.05, 0.1) is 0 Å². The fourth-order valence-electron chi connectivity index (χ4n) is 1.90. The quantitative estimate of drug-likeness (QED) is 0.689. The fourth-order valence-corrected chi connectivity index (χ4v) is 3.64. The van der Waals surface area contributed by atoms with Crippen LogP contribution in [0.3, 0.4) is 0 Å². The van der Waals surface area contributed by atoms with Crippen molar-refractivity contribution in [2.45, 2.75) is 58.5 Å². The molecule has 92 valence electrons. The van der Waals surface area contributed by atoms with Crippen LogP contribution in [0.4, 0.5) is 0 Å². The average Bonchev–Trinajstić information content (AvgIpc) is 2.65. The number of nitrogens with one attached hydrogen (secondary N) is 1. The zero-order valence-corrected chi connectivity index (χ0v) is 12.8. The maximum Gasteiger partial charge on any atom is 0.0399 e. The maximum absolute atomic E-state index is 3.66. The molecule has 0 bridgehead atoms. The Morgan fingerprint density at radius 1 is 1.38 bits per heavy atom. The second kappa shape index (κ2) is 7.46. The van der Waals surface area contributed by atoms with Crippen LogP contribution in [0, 0.1) is 0 Å². The lowest BCUT2D eigenvalue weighted by Crippen LogP contribution is -2.28. The van der Waals surface area contributed by atoms with E-state index in [-0.39, 0.29) is 0 Å². The minimum Gasteiger partial charge on any atom is -0.307 e. The Hall–Kier alpha value is 0.140. The van der Waals surface area contributed by atoms with Crippen molar-refractivity contribution in [3.8, 4) is 0 Å². The number of hydrogen-bond acceptors (Lipinski definition) is 2. The number of halogens is 1. The van der Waals surface area contributed by atoms with E-state index in [9.17, 15) is 0 Å². The minimum atomic E-state index is 0.450. The van der Waals surface area contributed by atoms with E-state index in [0.717, 1.165) is 0 Å². The Bertz CT molecular complexity index is 298. The van der Waals surface area contributed by atoms with Gasteiger partial charge >= 0.3 is 0 Å². The summed E-state index contributed by atoms with van der Waals surface area (Å²) in [5.41, 5.74) is 0. The van der Waals surface area contributed by atoms with Crippen LogP contribution in [0.15, 0.2) is 15.9 Å². The van der Waals surface area contributed by atoms with E-state index in [1.54, 1.807) is 0 Å². The third kappa shape index (κ3) is 4.56. The summed E-state index contributed by atoms with van der Waals surface area (Å²) in [6.07, 6.45) is 5.27. The lowest BCUT2D eigenvalue weighted by atomic mass is 10.1. The van der Waals surface area contributed by atoms with Gasteiger partial charge in [-0.3, -0.25) is 0 Å². The summed E-state index contributed by atoms with van der Waals surface area (Å²) in [7, 11) is 0. The molecular weight excluding hydrogens is 282 g/mol. The summed E-state index contributed by atoms with van der Waals surface area (Å²) in [5.74, 6) is 0. The molecule has 1 aromatic rings. The Morgan fingerprint density at radius 2 is 2.12 bits per heavy atom. The molecule has 2 unspecified atom stereocenters. The SMILES string of the molecule is CCCCCC(C)NC(C)c1sccc1Br. The maximum atomic E-state index is 3.66.